The van der Waals surface area contributed by atoms with Crippen LogP contribution in [0.3, 0.4) is 0 Å². The van der Waals surface area contributed by atoms with Crippen LogP contribution in [0.2, 0.25) is 5.02 Å². The maximum Gasteiger partial charge on any atom is 0.228 e. The molecule has 0 saturated carbocycles. The van der Waals surface area contributed by atoms with Crippen LogP contribution in [0.4, 0.5) is 0 Å². The molecule has 1 aromatic rings. The summed E-state index contributed by atoms with van der Waals surface area (Å²) in [5.41, 5.74) is 0.421. The van der Waals surface area contributed by atoms with Crippen molar-refractivity contribution in [2.24, 2.45) is 0 Å². The molecule has 0 aliphatic carbocycles. The number of hydrogen-bond donors (Lipinski definition) is 0. The van der Waals surface area contributed by atoms with E-state index in [-0.39, 0.29) is 5.78 Å². The molecule has 0 spiro atoms. The highest BCUT2D eigenvalue weighted by atomic mass is 79.9. The number of alkyl halides is 2. The van der Waals surface area contributed by atoms with Gasteiger partial charge in [-0.15, -0.1) is 0 Å². The minimum Gasteiger partial charge on any atom is -0.290 e. The highest BCUT2D eigenvalue weighted by Gasteiger charge is 2.32. The predicted octanol–water partition coefficient (Wildman–Crippen LogP) is 3.53. The Labute approximate surface area is 103 Å². The van der Waals surface area contributed by atoms with Gasteiger partial charge in [-0.25, -0.2) is 0 Å². The minimum absolute atomic E-state index is 0.350. The fourth-order valence-electron chi connectivity index (χ4n) is 0.833. The van der Waals surface area contributed by atoms with Crippen molar-refractivity contribution in [3.63, 3.8) is 0 Å². The fraction of sp³-hybridized carbons (Fsp3) is 0.111. The van der Waals surface area contributed by atoms with Gasteiger partial charge in [0.05, 0.1) is 0 Å². The van der Waals surface area contributed by atoms with Crippen LogP contribution in [0.25, 0.3) is 0 Å². The van der Waals surface area contributed by atoms with Gasteiger partial charge in [-0.1, -0.05) is 11.6 Å². The molecule has 0 unspecified atom stereocenters. The molecular formula is C9H4Br2ClNO. The molecule has 0 aliphatic rings. The van der Waals surface area contributed by atoms with Gasteiger partial charge in [-0.3, -0.25) is 4.79 Å². The first-order valence-electron chi connectivity index (χ1n) is 3.57. The summed E-state index contributed by atoms with van der Waals surface area (Å²) in [6, 6.07) is 8.14. The van der Waals surface area contributed by atoms with Crippen LogP contribution in [0.15, 0.2) is 24.3 Å². The SMILES string of the molecule is N#CC(Br)(Br)C(=O)c1ccc(Cl)cc1. The molecular weight excluding hydrogens is 333 g/mol. The number of hydrogen-bond acceptors (Lipinski definition) is 2. The first-order valence-corrected chi connectivity index (χ1v) is 5.53. The summed E-state index contributed by atoms with van der Waals surface area (Å²) in [4.78, 5) is 11.6. The van der Waals surface area contributed by atoms with Gasteiger partial charge in [0.25, 0.3) is 0 Å². The molecule has 0 fully saturated rings. The molecule has 72 valence electrons. The van der Waals surface area contributed by atoms with Crippen molar-refractivity contribution < 1.29 is 4.79 Å². The highest BCUT2D eigenvalue weighted by Crippen LogP contribution is 2.29. The van der Waals surface area contributed by atoms with Crippen LogP contribution in [0, 0.1) is 11.3 Å². The molecule has 0 bridgehead atoms. The zero-order valence-electron chi connectivity index (χ0n) is 6.80. The fourth-order valence-corrected chi connectivity index (χ4v) is 1.42. The average Bonchev–Trinajstić information content (AvgIpc) is 2.18. The average molecular weight is 337 g/mol. The van der Waals surface area contributed by atoms with E-state index in [0.29, 0.717) is 10.6 Å². The quantitative estimate of drug-likeness (QED) is 0.612. The van der Waals surface area contributed by atoms with Gasteiger partial charge in [-0.2, -0.15) is 5.26 Å². The van der Waals surface area contributed by atoms with E-state index in [1.807, 2.05) is 0 Å². The van der Waals surface area contributed by atoms with Crippen LogP contribution in [-0.2, 0) is 0 Å². The van der Waals surface area contributed by atoms with Crippen molar-refractivity contribution in [3.8, 4) is 6.07 Å². The molecule has 0 radical (unpaired) electrons. The van der Waals surface area contributed by atoms with Gasteiger partial charge in [0.15, 0.2) is 0 Å². The number of carbonyl (C=O) groups is 1. The molecule has 0 aliphatic heterocycles. The zero-order chi connectivity index (χ0) is 10.8. The molecule has 1 rings (SSSR count). The summed E-state index contributed by atoms with van der Waals surface area (Å²) in [6.07, 6.45) is 0. The topological polar surface area (TPSA) is 40.9 Å². The van der Waals surface area contributed by atoms with Crippen molar-refractivity contribution in [2.75, 3.05) is 0 Å². The van der Waals surface area contributed by atoms with Gasteiger partial charge in [-0.05, 0) is 56.1 Å². The molecule has 0 amide bonds. The smallest absolute Gasteiger partial charge is 0.228 e. The van der Waals surface area contributed by atoms with Gasteiger partial charge in [0, 0.05) is 10.6 Å². The molecule has 0 atom stereocenters. The normalized spacial score (nSPS) is 10.7. The Kier molecular flexibility index (Phi) is 3.71. The summed E-state index contributed by atoms with van der Waals surface area (Å²) in [7, 11) is 0. The highest BCUT2D eigenvalue weighted by molar-refractivity contribution is 9.26. The third-order valence-electron chi connectivity index (χ3n) is 1.53. The third kappa shape index (κ3) is 2.57. The van der Waals surface area contributed by atoms with Crippen LogP contribution < -0.4 is 0 Å². The van der Waals surface area contributed by atoms with E-state index < -0.39 is 3.23 Å². The number of nitrogens with zero attached hydrogens (tertiary/aromatic N) is 1. The first kappa shape index (κ1) is 11.7. The van der Waals surface area contributed by atoms with Gasteiger partial charge in [0.2, 0.25) is 9.02 Å². The van der Waals surface area contributed by atoms with Crippen molar-refractivity contribution in [3.05, 3.63) is 34.9 Å². The molecule has 5 heteroatoms. The van der Waals surface area contributed by atoms with Gasteiger partial charge >= 0.3 is 0 Å². The second kappa shape index (κ2) is 4.43. The van der Waals surface area contributed by atoms with Crippen molar-refractivity contribution in [1.29, 1.82) is 5.26 Å². The predicted molar refractivity (Wildman–Crippen MR) is 62.0 cm³/mol. The summed E-state index contributed by atoms with van der Waals surface area (Å²) >= 11 is 11.6. The monoisotopic (exact) mass is 335 g/mol. The van der Waals surface area contributed by atoms with E-state index in [4.69, 9.17) is 16.9 Å². The maximum absolute atomic E-state index is 11.6. The molecule has 0 N–H and O–H groups in total. The van der Waals surface area contributed by atoms with Crippen LogP contribution in [-0.4, -0.2) is 9.02 Å². The third-order valence-corrected chi connectivity index (χ3v) is 2.86. The number of benzene rings is 1. The Bertz CT molecular complexity index is 394. The summed E-state index contributed by atoms with van der Waals surface area (Å²) in [5, 5.41) is 9.24. The van der Waals surface area contributed by atoms with Crippen LogP contribution >= 0.6 is 43.5 Å². The van der Waals surface area contributed by atoms with E-state index >= 15 is 0 Å². The lowest BCUT2D eigenvalue weighted by molar-refractivity contribution is 0.0997. The standard InChI is InChI=1S/C9H4Br2ClNO/c10-9(11,5-13)8(14)6-1-3-7(12)4-2-6/h1-4H. The van der Waals surface area contributed by atoms with Crippen molar-refractivity contribution in [1.82, 2.24) is 0 Å². The first-order chi connectivity index (χ1) is 6.47. The van der Waals surface area contributed by atoms with E-state index in [9.17, 15) is 4.79 Å². The Balaban J connectivity index is 3.03. The zero-order valence-corrected chi connectivity index (χ0v) is 10.7. The van der Waals surface area contributed by atoms with Crippen molar-refractivity contribution in [2.45, 2.75) is 3.23 Å². The number of Topliss-reactive ketones (excluding diaryl/α,β-unsaturated/α-hetero) is 1. The molecule has 2 nitrogen and oxygen atoms in total. The second-order valence-electron chi connectivity index (χ2n) is 2.52. The Morgan fingerprint density at radius 2 is 1.86 bits per heavy atom. The Morgan fingerprint density at radius 1 is 1.36 bits per heavy atom. The second-order valence-corrected chi connectivity index (χ2v) is 6.40. The maximum atomic E-state index is 11.6. The van der Waals surface area contributed by atoms with E-state index in [1.54, 1.807) is 30.3 Å². The minimum atomic E-state index is -1.35. The van der Waals surface area contributed by atoms with Gasteiger partial charge in [0.1, 0.15) is 6.07 Å². The number of nitriles is 1. The number of carbonyl (C=O) groups excluding carboxylic acids is 1. The number of ketones is 1. The molecule has 0 heterocycles. The Hall–Kier alpha value is -0.370. The van der Waals surface area contributed by atoms with E-state index in [2.05, 4.69) is 31.9 Å². The molecule has 14 heavy (non-hydrogen) atoms. The largest absolute Gasteiger partial charge is 0.290 e. The van der Waals surface area contributed by atoms with E-state index in [1.165, 1.54) is 0 Å². The molecule has 1 aromatic carbocycles. The lowest BCUT2D eigenvalue weighted by Gasteiger charge is -2.09. The lowest BCUT2D eigenvalue weighted by Crippen LogP contribution is -2.22. The molecule has 0 aromatic heterocycles. The van der Waals surface area contributed by atoms with Crippen LogP contribution in [0.1, 0.15) is 10.4 Å². The van der Waals surface area contributed by atoms with E-state index in [0.717, 1.165) is 0 Å². The van der Waals surface area contributed by atoms with Crippen molar-refractivity contribution >= 4 is 49.2 Å². The number of halogens is 3. The summed E-state index contributed by atoms with van der Waals surface area (Å²) in [5.74, 6) is -0.350. The molecule has 0 saturated heterocycles. The van der Waals surface area contributed by atoms with Crippen LogP contribution in [0.5, 0.6) is 0 Å². The Morgan fingerprint density at radius 3 is 2.29 bits per heavy atom. The summed E-state index contributed by atoms with van der Waals surface area (Å²) < 4.78 is -1.35. The summed E-state index contributed by atoms with van der Waals surface area (Å²) in [6.45, 7) is 0. The van der Waals surface area contributed by atoms with Gasteiger partial charge < -0.3 is 0 Å². The lowest BCUT2D eigenvalue weighted by atomic mass is 10.1. The number of rotatable bonds is 2.